The third-order valence-corrected chi connectivity index (χ3v) is 23.2. The third kappa shape index (κ3) is 4.98. The second kappa shape index (κ2) is 12.3. The molecular formula is C35H58O8SSi2. The molecule has 3 aliphatic carbocycles. The van der Waals surface area contributed by atoms with Crippen LogP contribution < -0.4 is 0 Å². The zero-order chi connectivity index (χ0) is 34.1. The Morgan fingerprint density at radius 3 is 2.02 bits per heavy atom. The van der Waals surface area contributed by atoms with Gasteiger partial charge < -0.3 is 27.8 Å². The lowest BCUT2D eigenvalue weighted by Crippen LogP contribution is -2.80. The molecule has 0 aromatic heterocycles. The van der Waals surface area contributed by atoms with Crippen LogP contribution in [0.4, 0.5) is 0 Å². The van der Waals surface area contributed by atoms with Crippen LogP contribution in [0.5, 0.6) is 0 Å². The standard InChI is InChI=1S/C35H58O8SSi2/c1-12-45(13-2,14-3)42-25-20-35-30(39-31(44)41-35)29-33(11,26(37)18-24(22(25)7)32(35,9)10)27(43-46(15-4,16-5)17-6)19-28-34(29,21-38-28)40-23(8)36/h25,27-30H,12-21H2,1-11H3/t25-,27-,28+,29?,30+,33+,34-,35+/m0/s1. The summed E-state index contributed by atoms with van der Waals surface area (Å²) in [6, 6.07) is 5.91. The lowest BCUT2D eigenvalue weighted by molar-refractivity contribution is -0.334. The van der Waals surface area contributed by atoms with Crippen LogP contribution in [0.1, 0.15) is 95.4 Å². The van der Waals surface area contributed by atoms with Crippen molar-refractivity contribution < 1.29 is 37.4 Å². The summed E-state index contributed by atoms with van der Waals surface area (Å²) in [6.07, 6.45) is -0.484. The van der Waals surface area contributed by atoms with Crippen LogP contribution in [0.3, 0.4) is 0 Å². The fourth-order valence-corrected chi connectivity index (χ4v) is 16.1. The highest BCUT2D eigenvalue weighted by atomic mass is 32.1. The van der Waals surface area contributed by atoms with Gasteiger partial charge in [0.05, 0.1) is 30.1 Å². The maximum Gasteiger partial charge on any atom is 0.353 e. The van der Waals surface area contributed by atoms with Gasteiger partial charge in [-0.15, -0.1) is 0 Å². The first-order valence-electron chi connectivity index (χ1n) is 17.8. The summed E-state index contributed by atoms with van der Waals surface area (Å²) in [5.41, 5.74) is -1.50. The fourth-order valence-electron chi connectivity index (χ4n) is 10.1. The maximum absolute atomic E-state index is 15.3. The van der Waals surface area contributed by atoms with Gasteiger partial charge >= 0.3 is 11.2 Å². The monoisotopic (exact) mass is 694 g/mol. The van der Waals surface area contributed by atoms with Crippen molar-refractivity contribution in [2.75, 3.05) is 6.61 Å². The number of hydrogen-bond acceptors (Lipinski definition) is 9. The summed E-state index contributed by atoms with van der Waals surface area (Å²) in [4.78, 5) is 28.2. The van der Waals surface area contributed by atoms with Gasteiger partial charge in [0.1, 0.15) is 11.9 Å². The molecule has 5 aliphatic rings. The summed E-state index contributed by atoms with van der Waals surface area (Å²) in [6.45, 7) is 23.5. The summed E-state index contributed by atoms with van der Waals surface area (Å²) in [7, 11) is -4.23. The Morgan fingerprint density at radius 2 is 1.52 bits per heavy atom. The number of ether oxygens (including phenoxy) is 4. The number of carbonyl (C=O) groups is 2. The molecule has 0 radical (unpaired) electrons. The molecule has 2 heterocycles. The van der Waals surface area contributed by atoms with Gasteiger partial charge in [-0.2, -0.15) is 0 Å². The molecule has 260 valence electrons. The normalized spacial score (nSPS) is 38.4. The topological polar surface area (TPSA) is 89.5 Å². The average molecular weight is 695 g/mol. The van der Waals surface area contributed by atoms with Gasteiger partial charge in [-0.25, -0.2) is 0 Å². The second-order valence-corrected chi connectivity index (χ2v) is 25.2. The van der Waals surface area contributed by atoms with Crippen LogP contribution in [0.25, 0.3) is 0 Å². The van der Waals surface area contributed by atoms with E-state index in [1.165, 1.54) is 6.92 Å². The zero-order valence-corrected chi connectivity index (χ0v) is 32.9. The van der Waals surface area contributed by atoms with E-state index in [1.807, 2.05) is 6.92 Å². The maximum atomic E-state index is 15.3. The van der Waals surface area contributed by atoms with E-state index < -0.39 is 68.9 Å². The quantitative estimate of drug-likeness (QED) is 0.0937. The average Bonchev–Trinajstić information content (AvgIpc) is 3.35. The number of carbonyl (C=O) groups excluding carboxylic acids is 2. The smallest absolute Gasteiger partial charge is 0.353 e. The number of rotatable bonds is 11. The molecule has 5 rings (SSSR count). The van der Waals surface area contributed by atoms with Gasteiger partial charge in [-0.1, -0.05) is 61.0 Å². The van der Waals surface area contributed by atoms with Gasteiger partial charge in [0, 0.05) is 43.8 Å². The number of hydrogen-bond donors (Lipinski definition) is 0. The highest BCUT2D eigenvalue weighted by Crippen LogP contribution is 2.67. The Hall–Kier alpha value is -1.12. The van der Waals surface area contributed by atoms with E-state index in [2.05, 4.69) is 62.3 Å². The molecule has 46 heavy (non-hydrogen) atoms. The molecule has 2 saturated heterocycles. The van der Waals surface area contributed by atoms with Gasteiger partial charge in [0.25, 0.3) is 0 Å². The first-order chi connectivity index (χ1) is 21.5. The largest absolute Gasteiger partial charge is 0.454 e. The van der Waals surface area contributed by atoms with Gasteiger partial charge in [0.15, 0.2) is 33.9 Å². The lowest BCUT2D eigenvalue weighted by Gasteiger charge is -2.67. The fraction of sp³-hybridized carbons (Fsp3) is 0.857. The highest BCUT2D eigenvalue weighted by Gasteiger charge is 2.79. The van der Waals surface area contributed by atoms with Crippen molar-refractivity contribution in [2.45, 2.75) is 167 Å². The van der Waals surface area contributed by atoms with Crippen molar-refractivity contribution in [3.05, 3.63) is 11.1 Å². The molecule has 2 aliphatic heterocycles. The minimum atomic E-state index is -2.18. The number of esters is 1. The molecule has 11 heteroatoms. The lowest BCUT2D eigenvalue weighted by atomic mass is 9.45. The third-order valence-electron chi connectivity index (χ3n) is 13.8. The minimum Gasteiger partial charge on any atom is -0.454 e. The van der Waals surface area contributed by atoms with E-state index in [0.29, 0.717) is 12.8 Å². The molecule has 0 aromatic carbocycles. The molecule has 0 aromatic rings. The second-order valence-electron chi connectivity index (χ2n) is 15.4. The van der Waals surface area contributed by atoms with Crippen molar-refractivity contribution in [3.8, 4) is 0 Å². The molecule has 0 N–H and O–H groups in total. The summed E-state index contributed by atoms with van der Waals surface area (Å²) in [5.74, 6) is -0.907. The Kier molecular flexibility index (Phi) is 9.70. The number of fused-ring (bicyclic) bond motifs is 5. The minimum absolute atomic E-state index is 0.0783. The van der Waals surface area contributed by atoms with Crippen LogP contribution in [-0.4, -0.2) is 75.8 Å². The van der Waals surface area contributed by atoms with E-state index in [-0.39, 0.29) is 30.2 Å². The van der Waals surface area contributed by atoms with Crippen LogP contribution in [0.2, 0.25) is 36.3 Å². The number of thiocarbonyl (C=S) groups is 1. The predicted octanol–water partition coefficient (Wildman–Crippen LogP) is 7.65. The molecule has 8 nitrogen and oxygen atoms in total. The molecule has 1 spiro atoms. The van der Waals surface area contributed by atoms with Crippen LogP contribution >= 0.6 is 12.2 Å². The Labute approximate surface area is 284 Å². The van der Waals surface area contributed by atoms with Crippen molar-refractivity contribution >= 4 is 45.8 Å². The summed E-state index contributed by atoms with van der Waals surface area (Å²) < 4.78 is 40.7. The Bertz CT molecular complexity index is 1260. The SMILES string of the molecule is CC[Si](CC)(CC)O[C@H]1C[C@@]23OC(=S)O[C@@H]2C2[C@](C)(C(=O)CC(=C1C)C3(C)C)[C@@H](O[Si](CC)(CC)CC)C[C@H]1OC[C@@]21OC(C)=O. The van der Waals surface area contributed by atoms with Gasteiger partial charge in [0.2, 0.25) is 0 Å². The van der Waals surface area contributed by atoms with Crippen molar-refractivity contribution in [1.29, 1.82) is 0 Å². The highest BCUT2D eigenvalue weighted by molar-refractivity contribution is 7.79. The predicted molar refractivity (Wildman–Crippen MR) is 187 cm³/mol. The van der Waals surface area contributed by atoms with E-state index in [0.717, 1.165) is 47.4 Å². The first kappa shape index (κ1) is 36.2. The summed E-state index contributed by atoms with van der Waals surface area (Å²) >= 11 is 5.77. The molecular weight excluding hydrogens is 637 g/mol. The molecule has 4 fully saturated rings. The summed E-state index contributed by atoms with van der Waals surface area (Å²) in [5, 5.41) is 0.0783. The molecule has 2 bridgehead atoms. The first-order valence-corrected chi connectivity index (χ1v) is 23.3. The molecule has 8 atom stereocenters. The zero-order valence-electron chi connectivity index (χ0n) is 30.1. The molecule has 1 unspecified atom stereocenters. The van der Waals surface area contributed by atoms with Crippen LogP contribution in [-0.2, 0) is 37.4 Å². The van der Waals surface area contributed by atoms with Gasteiger partial charge in [-0.05, 0) is 55.7 Å². The van der Waals surface area contributed by atoms with Gasteiger partial charge in [-0.3, -0.25) is 9.59 Å². The van der Waals surface area contributed by atoms with Crippen molar-refractivity contribution in [2.24, 2.45) is 16.7 Å². The van der Waals surface area contributed by atoms with Crippen molar-refractivity contribution in [1.82, 2.24) is 0 Å². The molecule has 2 saturated carbocycles. The van der Waals surface area contributed by atoms with Crippen LogP contribution in [0.15, 0.2) is 11.1 Å². The Morgan fingerprint density at radius 1 is 0.957 bits per heavy atom. The van der Waals surface area contributed by atoms with E-state index >= 15 is 4.79 Å². The van der Waals surface area contributed by atoms with E-state index in [1.54, 1.807) is 0 Å². The van der Waals surface area contributed by atoms with Crippen LogP contribution in [0, 0.1) is 16.7 Å². The van der Waals surface area contributed by atoms with E-state index in [4.69, 9.17) is 40.0 Å². The Balaban J connectivity index is 1.77. The molecule has 0 amide bonds. The number of ketones is 1. The van der Waals surface area contributed by atoms with E-state index in [9.17, 15) is 4.79 Å². The van der Waals surface area contributed by atoms with Crippen molar-refractivity contribution in [3.63, 3.8) is 0 Å². The number of Topliss-reactive ketones (excluding diaryl/α,β-unsaturated/α-hetero) is 1.